The van der Waals surface area contributed by atoms with Crippen LogP contribution >= 0.6 is 11.6 Å². The Labute approximate surface area is 95.2 Å². The average molecular weight is 231 g/mol. The van der Waals surface area contributed by atoms with Crippen molar-refractivity contribution >= 4 is 11.6 Å². The number of alkyl halides is 1. The maximum Gasteiger partial charge on any atom is 0.165 e. The minimum absolute atomic E-state index is 0.279. The van der Waals surface area contributed by atoms with E-state index in [4.69, 9.17) is 16.3 Å². The molecule has 0 radical (unpaired) electrons. The standard InChI is InChI=1S/C12H16ClFO/c1-2-3-4-8-15-12-10(9-13)6-5-7-11(12)14/h5-7H,2-4,8-9H2,1H3. The van der Waals surface area contributed by atoms with Crippen molar-refractivity contribution in [2.45, 2.75) is 32.1 Å². The Kier molecular flexibility index (Phi) is 5.48. The molecule has 84 valence electrons. The van der Waals surface area contributed by atoms with Crippen LogP contribution in [0.5, 0.6) is 5.75 Å². The number of rotatable bonds is 6. The largest absolute Gasteiger partial charge is 0.490 e. The summed E-state index contributed by atoms with van der Waals surface area (Å²) >= 11 is 5.70. The molecular weight excluding hydrogens is 215 g/mol. The smallest absolute Gasteiger partial charge is 0.165 e. The molecule has 0 aromatic heterocycles. The highest BCUT2D eigenvalue weighted by molar-refractivity contribution is 6.17. The lowest BCUT2D eigenvalue weighted by Crippen LogP contribution is -2.01. The molecule has 1 nitrogen and oxygen atoms in total. The predicted octanol–water partition coefficient (Wildman–Crippen LogP) is 4.13. The number of hydrogen-bond acceptors (Lipinski definition) is 1. The van der Waals surface area contributed by atoms with Gasteiger partial charge in [0.2, 0.25) is 0 Å². The fraction of sp³-hybridized carbons (Fsp3) is 0.500. The molecule has 0 heterocycles. The van der Waals surface area contributed by atoms with Gasteiger partial charge >= 0.3 is 0 Å². The fourth-order valence-corrected chi connectivity index (χ4v) is 1.56. The summed E-state index contributed by atoms with van der Waals surface area (Å²) in [5.74, 6) is 0.259. The zero-order valence-electron chi connectivity index (χ0n) is 8.93. The number of hydrogen-bond donors (Lipinski definition) is 0. The molecular formula is C12H16ClFO. The number of benzene rings is 1. The van der Waals surface area contributed by atoms with E-state index in [1.165, 1.54) is 6.07 Å². The Morgan fingerprint density at radius 3 is 2.80 bits per heavy atom. The Balaban J connectivity index is 2.58. The predicted molar refractivity (Wildman–Crippen MR) is 61.0 cm³/mol. The van der Waals surface area contributed by atoms with E-state index >= 15 is 0 Å². The monoisotopic (exact) mass is 230 g/mol. The van der Waals surface area contributed by atoms with Crippen molar-refractivity contribution in [3.63, 3.8) is 0 Å². The van der Waals surface area contributed by atoms with E-state index in [0.717, 1.165) is 19.3 Å². The molecule has 0 unspecified atom stereocenters. The van der Waals surface area contributed by atoms with Crippen molar-refractivity contribution in [2.24, 2.45) is 0 Å². The third kappa shape index (κ3) is 3.71. The highest BCUT2D eigenvalue weighted by Gasteiger charge is 2.08. The molecule has 0 fully saturated rings. The average Bonchev–Trinajstić information content (AvgIpc) is 2.26. The summed E-state index contributed by atoms with van der Waals surface area (Å²) < 4.78 is 18.8. The normalized spacial score (nSPS) is 10.3. The summed E-state index contributed by atoms with van der Waals surface area (Å²) in [5, 5.41) is 0. The van der Waals surface area contributed by atoms with E-state index in [9.17, 15) is 4.39 Å². The van der Waals surface area contributed by atoms with Gasteiger partial charge in [0.05, 0.1) is 12.5 Å². The van der Waals surface area contributed by atoms with Crippen LogP contribution in [0.2, 0.25) is 0 Å². The molecule has 0 atom stereocenters. The van der Waals surface area contributed by atoms with Crippen LogP contribution in [0.1, 0.15) is 31.7 Å². The van der Waals surface area contributed by atoms with Crippen molar-refractivity contribution in [1.82, 2.24) is 0 Å². The van der Waals surface area contributed by atoms with Gasteiger partial charge in [-0.25, -0.2) is 4.39 Å². The van der Waals surface area contributed by atoms with Gasteiger partial charge in [0, 0.05) is 5.56 Å². The molecule has 0 N–H and O–H groups in total. The van der Waals surface area contributed by atoms with Crippen LogP contribution in [0, 0.1) is 5.82 Å². The van der Waals surface area contributed by atoms with Crippen molar-refractivity contribution in [3.05, 3.63) is 29.6 Å². The summed E-state index contributed by atoms with van der Waals surface area (Å²) in [6.45, 7) is 2.67. The van der Waals surface area contributed by atoms with Crippen LogP contribution in [0.15, 0.2) is 18.2 Å². The van der Waals surface area contributed by atoms with E-state index < -0.39 is 0 Å². The summed E-state index contributed by atoms with van der Waals surface area (Å²) in [5.41, 5.74) is 0.716. The first kappa shape index (κ1) is 12.3. The van der Waals surface area contributed by atoms with Gasteiger partial charge in [-0.2, -0.15) is 0 Å². The molecule has 0 amide bonds. The first-order valence-electron chi connectivity index (χ1n) is 5.25. The highest BCUT2D eigenvalue weighted by Crippen LogP contribution is 2.24. The Bertz CT molecular complexity index is 302. The van der Waals surface area contributed by atoms with Crippen LogP contribution < -0.4 is 4.74 Å². The van der Waals surface area contributed by atoms with E-state index in [1.807, 2.05) is 0 Å². The molecule has 0 bridgehead atoms. The van der Waals surface area contributed by atoms with Gasteiger partial charge in [0.1, 0.15) is 0 Å². The third-order valence-electron chi connectivity index (χ3n) is 2.19. The zero-order chi connectivity index (χ0) is 11.1. The van der Waals surface area contributed by atoms with Crippen LogP contribution in [-0.4, -0.2) is 6.61 Å². The van der Waals surface area contributed by atoms with E-state index in [2.05, 4.69) is 6.92 Å². The molecule has 15 heavy (non-hydrogen) atoms. The molecule has 0 aliphatic carbocycles. The second-order valence-electron chi connectivity index (χ2n) is 3.42. The first-order valence-corrected chi connectivity index (χ1v) is 5.79. The van der Waals surface area contributed by atoms with Gasteiger partial charge < -0.3 is 4.74 Å². The van der Waals surface area contributed by atoms with Crippen LogP contribution in [0.3, 0.4) is 0 Å². The molecule has 1 aromatic rings. The van der Waals surface area contributed by atoms with Gasteiger partial charge in [-0.15, -0.1) is 11.6 Å². The molecule has 0 saturated carbocycles. The van der Waals surface area contributed by atoms with Crippen LogP contribution in [0.4, 0.5) is 4.39 Å². The topological polar surface area (TPSA) is 9.23 Å². The second-order valence-corrected chi connectivity index (χ2v) is 3.68. The van der Waals surface area contributed by atoms with Crippen molar-refractivity contribution in [3.8, 4) is 5.75 Å². The van der Waals surface area contributed by atoms with E-state index in [0.29, 0.717) is 17.9 Å². The van der Waals surface area contributed by atoms with Crippen molar-refractivity contribution in [1.29, 1.82) is 0 Å². The zero-order valence-corrected chi connectivity index (χ0v) is 9.69. The SMILES string of the molecule is CCCCCOc1c(F)cccc1CCl. The van der Waals surface area contributed by atoms with Gasteiger partial charge in [-0.1, -0.05) is 31.9 Å². The van der Waals surface area contributed by atoms with Gasteiger partial charge in [-0.05, 0) is 12.5 Å². The molecule has 0 aliphatic rings. The molecule has 0 spiro atoms. The van der Waals surface area contributed by atoms with Crippen LogP contribution in [-0.2, 0) is 5.88 Å². The highest BCUT2D eigenvalue weighted by atomic mass is 35.5. The molecule has 1 aromatic carbocycles. The third-order valence-corrected chi connectivity index (χ3v) is 2.47. The maximum atomic E-state index is 13.4. The number of unbranched alkanes of at least 4 members (excludes halogenated alkanes) is 2. The lowest BCUT2D eigenvalue weighted by Gasteiger charge is -2.10. The molecule has 1 rings (SSSR count). The lowest BCUT2D eigenvalue weighted by molar-refractivity contribution is 0.289. The maximum absolute atomic E-state index is 13.4. The fourth-order valence-electron chi connectivity index (χ4n) is 1.35. The Morgan fingerprint density at radius 1 is 1.33 bits per heavy atom. The quantitative estimate of drug-likeness (QED) is 0.527. The second kappa shape index (κ2) is 6.67. The van der Waals surface area contributed by atoms with Gasteiger partial charge in [0.15, 0.2) is 11.6 Å². The Hall–Kier alpha value is -0.760. The van der Waals surface area contributed by atoms with Crippen LogP contribution in [0.25, 0.3) is 0 Å². The van der Waals surface area contributed by atoms with Gasteiger partial charge in [-0.3, -0.25) is 0 Å². The van der Waals surface area contributed by atoms with E-state index in [1.54, 1.807) is 12.1 Å². The molecule has 0 saturated heterocycles. The minimum Gasteiger partial charge on any atom is -0.490 e. The number of para-hydroxylation sites is 1. The van der Waals surface area contributed by atoms with E-state index in [-0.39, 0.29) is 11.7 Å². The molecule has 3 heteroatoms. The lowest BCUT2D eigenvalue weighted by atomic mass is 10.2. The molecule has 0 aliphatic heterocycles. The number of halogens is 2. The Morgan fingerprint density at radius 2 is 2.13 bits per heavy atom. The van der Waals surface area contributed by atoms with Crippen molar-refractivity contribution < 1.29 is 9.13 Å². The van der Waals surface area contributed by atoms with Crippen molar-refractivity contribution in [2.75, 3.05) is 6.61 Å². The van der Waals surface area contributed by atoms with Gasteiger partial charge in [0.25, 0.3) is 0 Å². The summed E-state index contributed by atoms with van der Waals surface area (Å²) in [4.78, 5) is 0. The summed E-state index contributed by atoms with van der Waals surface area (Å²) in [7, 11) is 0. The minimum atomic E-state index is -0.329. The summed E-state index contributed by atoms with van der Waals surface area (Å²) in [6, 6.07) is 4.82. The summed E-state index contributed by atoms with van der Waals surface area (Å²) in [6.07, 6.45) is 3.18. The number of ether oxygens (including phenoxy) is 1. The first-order chi connectivity index (χ1) is 7.29.